The van der Waals surface area contributed by atoms with Crippen LogP contribution in [0.5, 0.6) is 5.75 Å². The molecule has 1 fully saturated rings. The Morgan fingerprint density at radius 1 is 0.923 bits per heavy atom. The molecule has 1 heterocycles. The van der Waals surface area contributed by atoms with Crippen LogP contribution in [0.2, 0.25) is 0 Å². The van der Waals surface area contributed by atoms with Gasteiger partial charge in [0.1, 0.15) is 17.4 Å². The first-order chi connectivity index (χ1) is 18.7. The number of rotatable bonds is 8. The summed E-state index contributed by atoms with van der Waals surface area (Å²) in [7, 11) is 0. The molecule has 1 aliphatic rings. The molecule has 0 unspecified atom stereocenters. The first-order valence-corrected chi connectivity index (χ1v) is 12.6. The molecular formula is C30H31F3N2O4. The number of nitrogens with zero attached hydrogens (tertiary/aromatic N) is 2. The molecule has 206 valence electrons. The van der Waals surface area contributed by atoms with Crippen LogP contribution in [-0.2, 0) is 10.4 Å². The molecule has 0 saturated carbocycles. The molecule has 1 saturated heterocycles. The van der Waals surface area contributed by atoms with Crippen molar-refractivity contribution in [2.75, 3.05) is 26.2 Å². The van der Waals surface area contributed by atoms with Gasteiger partial charge >= 0.3 is 12.1 Å². The van der Waals surface area contributed by atoms with E-state index >= 15 is 0 Å². The number of ether oxygens (including phenoxy) is 1. The molecule has 0 aliphatic carbocycles. The van der Waals surface area contributed by atoms with Crippen LogP contribution in [0.4, 0.5) is 13.2 Å². The molecule has 0 aromatic heterocycles. The second-order valence-electron chi connectivity index (χ2n) is 9.23. The number of likely N-dealkylation sites (tertiary alicyclic amines) is 1. The van der Waals surface area contributed by atoms with E-state index in [1.54, 1.807) is 6.07 Å². The summed E-state index contributed by atoms with van der Waals surface area (Å²) < 4.78 is 37.6. The third-order valence-corrected chi connectivity index (χ3v) is 6.73. The van der Waals surface area contributed by atoms with E-state index in [4.69, 9.17) is 14.6 Å². The van der Waals surface area contributed by atoms with Crippen LogP contribution < -0.4 is 4.74 Å². The minimum Gasteiger partial charge on any atom is -0.492 e. The average molecular weight is 541 g/mol. The molecule has 4 rings (SSSR count). The summed E-state index contributed by atoms with van der Waals surface area (Å²) in [6.45, 7) is 3.47. The van der Waals surface area contributed by atoms with Gasteiger partial charge in [0.15, 0.2) is 0 Å². The van der Waals surface area contributed by atoms with Crippen LogP contribution in [0.15, 0.2) is 84.9 Å². The Bertz CT molecular complexity index is 1180. The second-order valence-corrected chi connectivity index (χ2v) is 9.23. The van der Waals surface area contributed by atoms with E-state index in [-0.39, 0.29) is 5.92 Å². The van der Waals surface area contributed by atoms with Crippen LogP contribution in [0, 0.1) is 17.2 Å². The number of carboxylic acid groups (broad SMARTS) is 1. The maximum atomic E-state index is 12.0. The number of benzene rings is 3. The van der Waals surface area contributed by atoms with E-state index in [9.17, 15) is 23.5 Å². The molecule has 0 bridgehead atoms. The van der Waals surface area contributed by atoms with Crippen LogP contribution >= 0.6 is 0 Å². The minimum absolute atomic E-state index is 0.169. The average Bonchev–Trinajstić information content (AvgIpc) is 2.96. The number of halogens is 3. The number of alkyl halides is 3. The van der Waals surface area contributed by atoms with Crippen molar-refractivity contribution in [1.29, 1.82) is 5.26 Å². The maximum Gasteiger partial charge on any atom is 0.490 e. The first-order valence-electron chi connectivity index (χ1n) is 12.6. The molecule has 2 N–H and O–H groups in total. The SMILES string of the molecule is N#Cc1ccccc1OCCCN1CCC(C(O)(c2ccccc2)c2ccccc2)CC1.O=C(O)C(F)(F)F. The third kappa shape index (κ3) is 8.06. The number of aliphatic carboxylic acids is 1. The summed E-state index contributed by atoms with van der Waals surface area (Å²) in [6, 6.07) is 29.7. The monoisotopic (exact) mass is 540 g/mol. The molecular weight excluding hydrogens is 509 g/mol. The number of carboxylic acids is 1. The Kier molecular flexibility index (Phi) is 10.5. The van der Waals surface area contributed by atoms with Gasteiger partial charge in [-0.2, -0.15) is 18.4 Å². The molecule has 0 radical (unpaired) electrons. The zero-order valence-corrected chi connectivity index (χ0v) is 21.3. The zero-order chi connectivity index (χ0) is 28.3. The van der Waals surface area contributed by atoms with Crippen molar-refractivity contribution in [3.05, 3.63) is 102 Å². The molecule has 39 heavy (non-hydrogen) atoms. The maximum absolute atomic E-state index is 12.0. The van der Waals surface area contributed by atoms with E-state index in [2.05, 4.69) is 11.0 Å². The van der Waals surface area contributed by atoms with E-state index in [1.165, 1.54) is 0 Å². The summed E-state index contributed by atoms with van der Waals surface area (Å²) in [6.07, 6.45) is -2.29. The molecule has 3 aromatic carbocycles. The van der Waals surface area contributed by atoms with E-state index in [0.29, 0.717) is 17.9 Å². The van der Waals surface area contributed by atoms with Crippen molar-refractivity contribution in [3.63, 3.8) is 0 Å². The fraction of sp³-hybridized carbons (Fsp3) is 0.333. The molecule has 9 heteroatoms. The standard InChI is InChI=1S/C28H30N2O2.C2HF3O2/c29-22-23-10-7-8-15-27(23)32-21-9-18-30-19-16-26(17-20-30)28(31,24-11-3-1-4-12-24)25-13-5-2-6-14-25;3-2(4,5)1(6)7/h1-8,10-15,26,31H,9,16-21H2;(H,6,7). The fourth-order valence-corrected chi connectivity index (χ4v) is 4.75. The first kappa shape index (κ1) is 29.7. The summed E-state index contributed by atoms with van der Waals surface area (Å²) in [5.74, 6) is -1.93. The second kappa shape index (κ2) is 13.8. The Morgan fingerprint density at radius 3 is 1.90 bits per heavy atom. The Balaban J connectivity index is 0.000000532. The highest BCUT2D eigenvalue weighted by molar-refractivity contribution is 5.73. The quantitative estimate of drug-likeness (QED) is 0.361. The van der Waals surface area contributed by atoms with Gasteiger partial charge in [-0.1, -0.05) is 72.8 Å². The highest BCUT2D eigenvalue weighted by Gasteiger charge is 2.41. The van der Waals surface area contributed by atoms with E-state index in [1.807, 2.05) is 78.9 Å². The zero-order valence-electron chi connectivity index (χ0n) is 21.3. The molecule has 0 spiro atoms. The van der Waals surface area contributed by atoms with Crippen LogP contribution in [0.25, 0.3) is 0 Å². The lowest BCUT2D eigenvalue weighted by Crippen LogP contribution is -2.44. The van der Waals surface area contributed by atoms with Gasteiger partial charge < -0.3 is 19.8 Å². The van der Waals surface area contributed by atoms with Gasteiger partial charge in [-0.05, 0) is 61.5 Å². The van der Waals surface area contributed by atoms with Gasteiger partial charge in [-0.15, -0.1) is 0 Å². The number of hydrogen-bond donors (Lipinski definition) is 2. The summed E-state index contributed by atoms with van der Waals surface area (Å²) >= 11 is 0. The summed E-state index contributed by atoms with van der Waals surface area (Å²) in [5, 5.41) is 28.3. The van der Waals surface area contributed by atoms with Crippen LogP contribution in [0.3, 0.4) is 0 Å². The van der Waals surface area contributed by atoms with E-state index in [0.717, 1.165) is 50.0 Å². The number of para-hydroxylation sites is 1. The highest BCUT2D eigenvalue weighted by Crippen LogP contribution is 2.41. The Labute approximate surface area is 225 Å². The van der Waals surface area contributed by atoms with Gasteiger partial charge in [0.05, 0.1) is 12.2 Å². The summed E-state index contributed by atoms with van der Waals surface area (Å²) in [5.41, 5.74) is 1.54. The number of aliphatic hydroxyl groups is 1. The minimum atomic E-state index is -5.08. The smallest absolute Gasteiger partial charge is 0.490 e. The fourth-order valence-electron chi connectivity index (χ4n) is 4.75. The molecule has 0 atom stereocenters. The molecule has 6 nitrogen and oxygen atoms in total. The van der Waals surface area contributed by atoms with Crippen molar-refractivity contribution < 1.29 is 32.9 Å². The lowest BCUT2D eigenvalue weighted by atomic mass is 9.72. The van der Waals surface area contributed by atoms with Gasteiger partial charge in [0.2, 0.25) is 0 Å². The number of hydrogen-bond acceptors (Lipinski definition) is 5. The molecule has 0 amide bonds. The van der Waals surface area contributed by atoms with E-state index < -0.39 is 17.7 Å². The normalized spacial score (nSPS) is 14.5. The van der Waals surface area contributed by atoms with Crippen molar-refractivity contribution in [2.24, 2.45) is 5.92 Å². The van der Waals surface area contributed by atoms with Crippen molar-refractivity contribution >= 4 is 5.97 Å². The van der Waals surface area contributed by atoms with Crippen LogP contribution in [0.1, 0.15) is 36.0 Å². The topological polar surface area (TPSA) is 93.8 Å². The number of piperidine rings is 1. The molecule has 1 aliphatic heterocycles. The van der Waals surface area contributed by atoms with Crippen molar-refractivity contribution in [2.45, 2.75) is 31.0 Å². The van der Waals surface area contributed by atoms with Gasteiger partial charge in [-0.3, -0.25) is 0 Å². The van der Waals surface area contributed by atoms with Crippen molar-refractivity contribution in [1.82, 2.24) is 4.90 Å². The van der Waals surface area contributed by atoms with Gasteiger partial charge in [0, 0.05) is 6.54 Å². The Morgan fingerprint density at radius 2 is 1.41 bits per heavy atom. The van der Waals surface area contributed by atoms with Crippen LogP contribution in [-0.4, -0.2) is 53.5 Å². The third-order valence-electron chi connectivity index (χ3n) is 6.73. The lowest BCUT2D eigenvalue weighted by Gasteiger charge is -2.42. The summed E-state index contributed by atoms with van der Waals surface area (Å²) in [4.78, 5) is 11.3. The lowest BCUT2D eigenvalue weighted by molar-refractivity contribution is -0.192. The molecule has 3 aromatic rings. The van der Waals surface area contributed by atoms with Crippen molar-refractivity contribution in [3.8, 4) is 11.8 Å². The highest BCUT2D eigenvalue weighted by atomic mass is 19.4. The number of nitriles is 1. The largest absolute Gasteiger partial charge is 0.492 e. The predicted octanol–water partition coefficient (Wildman–Crippen LogP) is 5.61. The Hall–Kier alpha value is -3.87. The predicted molar refractivity (Wildman–Crippen MR) is 140 cm³/mol. The van der Waals surface area contributed by atoms with Gasteiger partial charge in [0.25, 0.3) is 0 Å². The number of carbonyl (C=O) groups is 1. The van der Waals surface area contributed by atoms with Gasteiger partial charge in [-0.25, -0.2) is 4.79 Å².